The van der Waals surface area contributed by atoms with Crippen molar-refractivity contribution in [1.82, 2.24) is 10.2 Å². The minimum Gasteiger partial charge on any atom is -0.375 e. The first-order valence-corrected chi connectivity index (χ1v) is 9.34. The third-order valence-corrected chi connectivity index (χ3v) is 5.55. The highest BCUT2D eigenvalue weighted by atomic mass is 35.5. The monoisotopic (exact) mass is 344 g/mol. The number of amides is 1. The Labute approximate surface area is 147 Å². The fourth-order valence-electron chi connectivity index (χ4n) is 3.70. The molecule has 134 valence electrons. The van der Waals surface area contributed by atoms with E-state index in [1.807, 2.05) is 4.90 Å². The zero-order valence-electron chi connectivity index (χ0n) is 14.5. The highest BCUT2D eigenvalue weighted by Crippen LogP contribution is 2.28. The molecule has 0 spiro atoms. The van der Waals surface area contributed by atoms with Gasteiger partial charge in [0.05, 0.1) is 18.8 Å². The molecule has 0 aromatic rings. The predicted molar refractivity (Wildman–Crippen MR) is 94.9 cm³/mol. The summed E-state index contributed by atoms with van der Waals surface area (Å²) in [7, 11) is 0. The molecule has 1 amide bonds. The Morgan fingerprint density at radius 2 is 1.61 bits per heavy atom. The lowest BCUT2D eigenvalue weighted by molar-refractivity contribution is -0.134. The lowest BCUT2D eigenvalue weighted by Gasteiger charge is -2.35. The van der Waals surface area contributed by atoms with E-state index >= 15 is 0 Å². The minimum atomic E-state index is 0. The van der Waals surface area contributed by atoms with Gasteiger partial charge in [-0.05, 0) is 69.7 Å². The highest BCUT2D eigenvalue weighted by molar-refractivity contribution is 5.85. The summed E-state index contributed by atoms with van der Waals surface area (Å²) < 4.78 is 6.28. The zero-order valence-corrected chi connectivity index (χ0v) is 15.3. The molecule has 0 aromatic carbocycles. The first kappa shape index (κ1) is 19.0. The van der Waals surface area contributed by atoms with Crippen molar-refractivity contribution in [3.8, 4) is 0 Å². The molecule has 0 atom stereocenters. The summed E-state index contributed by atoms with van der Waals surface area (Å²) in [5.74, 6) is 1.98. The number of halogens is 1. The maximum atomic E-state index is 12.2. The maximum absolute atomic E-state index is 12.2. The normalized spacial score (nSPS) is 29.2. The van der Waals surface area contributed by atoms with Crippen LogP contribution in [0, 0.1) is 11.8 Å². The molecule has 3 rings (SSSR count). The van der Waals surface area contributed by atoms with E-state index in [-0.39, 0.29) is 18.3 Å². The molecule has 1 heterocycles. The summed E-state index contributed by atoms with van der Waals surface area (Å²) in [5.41, 5.74) is 0. The lowest BCUT2D eigenvalue weighted by Crippen LogP contribution is -2.45. The van der Waals surface area contributed by atoms with E-state index in [0.29, 0.717) is 18.8 Å². The average molecular weight is 345 g/mol. The SMILES string of the molecule is CC1CCC(OC2CCN(C(=O)CNCC3CC3)CC2)CC1.Cl. The van der Waals surface area contributed by atoms with Crippen LogP contribution in [0.2, 0.25) is 0 Å². The van der Waals surface area contributed by atoms with Crippen molar-refractivity contribution in [3.05, 3.63) is 0 Å². The average Bonchev–Trinajstić information content (AvgIpc) is 3.34. The van der Waals surface area contributed by atoms with Gasteiger partial charge in [-0.2, -0.15) is 0 Å². The second-order valence-electron chi connectivity index (χ2n) is 7.67. The van der Waals surface area contributed by atoms with Gasteiger partial charge in [-0.3, -0.25) is 4.79 Å². The quantitative estimate of drug-likeness (QED) is 0.805. The van der Waals surface area contributed by atoms with Crippen LogP contribution >= 0.6 is 12.4 Å². The molecule has 0 aromatic heterocycles. The smallest absolute Gasteiger partial charge is 0.236 e. The van der Waals surface area contributed by atoms with Gasteiger partial charge >= 0.3 is 0 Å². The fourth-order valence-corrected chi connectivity index (χ4v) is 3.70. The van der Waals surface area contributed by atoms with Gasteiger partial charge in [0.1, 0.15) is 0 Å². The first-order valence-electron chi connectivity index (χ1n) is 9.34. The molecule has 4 nitrogen and oxygen atoms in total. The van der Waals surface area contributed by atoms with Crippen LogP contribution in [0.4, 0.5) is 0 Å². The fraction of sp³-hybridized carbons (Fsp3) is 0.944. The molecule has 1 N–H and O–H groups in total. The maximum Gasteiger partial charge on any atom is 0.236 e. The molecule has 2 aliphatic carbocycles. The van der Waals surface area contributed by atoms with E-state index in [1.54, 1.807) is 0 Å². The summed E-state index contributed by atoms with van der Waals surface area (Å²) in [6, 6.07) is 0. The van der Waals surface area contributed by atoms with Crippen LogP contribution < -0.4 is 5.32 Å². The Morgan fingerprint density at radius 3 is 2.22 bits per heavy atom. The van der Waals surface area contributed by atoms with Gasteiger partial charge in [0.15, 0.2) is 0 Å². The standard InChI is InChI=1S/C18H32N2O2.ClH/c1-14-2-6-16(7-3-14)22-17-8-10-20(11-9-17)18(21)13-19-12-15-4-5-15;/h14-17,19H,2-13H2,1H3;1H. The molecule has 1 saturated heterocycles. The number of carbonyl (C=O) groups is 1. The number of piperidine rings is 1. The Bertz CT molecular complexity index is 360. The van der Waals surface area contributed by atoms with Crippen molar-refractivity contribution in [2.45, 2.75) is 70.5 Å². The summed E-state index contributed by atoms with van der Waals surface area (Å²) in [6.45, 7) is 5.63. The van der Waals surface area contributed by atoms with E-state index in [1.165, 1.54) is 38.5 Å². The van der Waals surface area contributed by atoms with Gasteiger partial charge < -0.3 is 15.0 Å². The summed E-state index contributed by atoms with van der Waals surface area (Å²) in [4.78, 5) is 14.2. The van der Waals surface area contributed by atoms with E-state index < -0.39 is 0 Å². The number of nitrogens with zero attached hydrogens (tertiary/aromatic N) is 1. The van der Waals surface area contributed by atoms with E-state index in [4.69, 9.17) is 4.74 Å². The molecule has 5 heteroatoms. The molecule has 3 fully saturated rings. The van der Waals surface area contributed by atoms with E-state index in [2.05, 4.69) is 12.2 Å². The number of likely N-dealkylation sites (tertiary alicyclic amines) is 1. The van der Waals surface area contributed by atoms with Crippen LogP contribution in [0.5, 0.6) is 0 Å². The molecule has 23 heavy (non-hydrogen) atoms. The minimum absolute atomic E-state index is 0. The largest absolute Gasteiger partial charge is 0.375 e. The van der Waals surface area contributed by atoms with Gasteiger partial charge in [-0.15, -0.1) is 12.4 Å². The van der Waals surface area contributed by atoms with E-state index in [9.17, 15) is 4.79 Å². The Morgan fingerprint density at radius 1 is 1.00 bits per heavy atom. The van der Waals surface area contributed by atoms with Gasteiger partial charge in [0.25, 0.3) is 0 Å². The first-order chi connectivity index (χ1) is 10.7. The summed E-state index contributed by atoms with van der Waals surface area (Å²) >= 11 is 0. The number of ether oxygens (including phenoxy) is 1. The third kappa shape index (κ3) is 6.24. The van der Waals surface area contributed by atoms with Gasteiger partial charge in [-0.1, -0.05) is 6.92 Å². The number of rotatable bonds is 6. The Balaban J connectivity index is 0.00000192. The van der Waals surface area contributed by atoms with Gasteiger partial charge in [-0.25, -0.2) is 0 Å². The summed E-state index contributed by atoms with van der Waals surface area (Å²) in [5, 5.41) is 3.30. The van der Waals surface area contributed by atoms with Crippen molar-refractivity contribution < 1.29 is 9.53 Å². The molecule has 0 bridgehead atoms. The number of hydrogen-bond donors (Lipinski definition) is 1. The number of carbonyl (C=O) groups excluding carboxylic acids is 1. The molecular weight excluding hydrogens is 312 g/mol. The molecular formula is C18H33ClN2O2. The third-order valence-electron chi connectivity index (χ3n) is 5.55. The topological polar surface area (TPSA) is 41.6 Å². The van der Waals surface area contributed by atoms with Gasteiger partial charge in [0, 0.05) is 13.1 Å². The second kappa shape index (κ2) is 9.24. The molecule has 0 unspecified atom stereocenters. The molecule has 0 radical (unpaired) electrons. The second-order valence-corrected chi connectivity index (χ2v) is 7.67. The van der Waals surface area contributed by atoms with Gasteiger partial charge in [0.2, 0.25) is 5.91 Å². The van der Waals surface area contributed by atoms with Crippen LogP contribution in [-0.4, -0.2) is 49.2 Å². The number of nitrogens with one attached hydrogen (secondary N) is 1. The highest BCUT2D eigenvalue weighted by Gasteiger charge is 2.27. The van der Waals surface area contributed by atoms with E-state index in [0.717, 1.165) is 44.3 Å². The zero-order chi connectivity index (χ0) is 15.4. The molecule has 1 aliphatic heterocycles. The lowest BCUT2D eigenvalue weighted by atomic mass is 9.88. The van der Waals surface area contributed by atoms with Crippen molar-refractivity contribution in [2.75, 3.05) is 26.2 Å². The Hall–Kier alpha value is -0.320. The van der Waals surface area contributed by atoms with Crippen molar-refractivity contribution in [3.63, 3.8) is 0 Å². The van der Waals surface area contributed by atoms with Crippen LogP contribution in [0.3, 0.4) is 0 Å². The Kier molecular flexibility index (Phi) is 7.64. The summed E-state index contributed by atoms with van der Waals surface area (Å²) in [6.07, 6.45) is 10.6. The molecule has 2 saturated carbocycles. The van der Waals surface area contributed by atoms with Crippen molar-refractivity contribution in [1.29, 1.82) is 0 Å². The van der Waals surface area contributed by atoms with Crippen LogP contribution in [0.25, 0.3) is 0 Å². The van der Waals surface area contributed by atoms with Crippen LogP contribution in [0.15, 0.2) is 0 Å². The van der Waals surface area contributed by atoms with Crippen LogP contribution in [-0.2, 0) is 9.53 Å². The predicted octanol–water partition coefficient (Wildman–Crippen LogP) is 2.99. The number of hydrogen-bond acceptors (Lipinski definition) is 3. The van der Waals surface area contributed by atoms with Crippen molar-refractivity contribution >= 4 is 18.3 Å². The van der Waals surface area contributed by atoms with Crippen LogP contribution in [0.1, 0.15) is 58.3 Å². The van der Waals surface area contributed by atoms with Crippen molar-refractivity contribution in [2.24, 2.45) is 11.8 Å². The molecule has 3 aliphatic rings.